The molecule has 1 heterocycles. The third-order valence-corrected chi connectivity index (χ3v) is 3.68. The first-order chi connectivity index (χ1) is 9.60. The van der Waals surface area contributed by atoms with E-state index in [2.05, 4.69) is 0 Å². The summed E-state index contributed by atoms with van der Waals surface area (Å²) < 4.78 is 11.3. The SMILES string of the molecule is CCc1c2c(cc(Cl)c1C(CN)C(=O)O)OCCCO2. The molecular weight excluding hydrogens is 282 g/mol. The Hall–Kier alpha value is -1.46. The summed E-state index contributed by atoms with van der Waals surface area (Å²) in [7, 11) is 0. The number of carboxylic acid groups (broad SMARTS) is 1. The number of halogens is 1. The van der Waals surface area contributed by atoms with Gasteiger partial charge < -0.3 is 20.3 Å². The third-order valence-electron chi connectivity index (χ3n) is 3.37. The maximum absolute atomic E-state index is 11.4. The third kappa shape index (κ3) is 2.69. The van der Waals surface area contributed by atoms with Gasteiger partial charge in [-0.2, -0.15) is 0 Å². The average Bonchev–Trinajstić information content (AvgIpc) is 2.64. The zero-order valence-electron chi connectivity index (χ0n) is 11.3. The summed E-state index contributed by atoms with van der Waals surface area (Å²) in [6, 6.07) is 1.63. The highest BCUT2D eigenvalue weighted by molar-refractivity contribution is 6.32. The van der Waals surface area contributed by atoms with Crippen molar-refractivity contribution in [1.29, 1.82) is 0 Å². The van der Waals surface area contributed by atoms with Crippen LogP contribution in [-0.2, 0) is 11.2 Å². The number of ether oxygens (including phenoxy) is 2. The van der Waals surface area contributed by atoms with Gasteiger partial charge in [-0.3, -0.25) is 4.79 Å². The molecule has 0 fully saturated rings. The largest absolute Gasteiger partial charge is 0.489 e. The van der Waals surface area contributed by atoms with Crippen molar-refractivity contribution in [2.75, 3.05) is 19.8 Å². The van der Waals surface area contributed by atoms with Crippen LogP contribution in [0.25, 0.3) is 0 Å². The van der Waals surface area contributed by atoms with E-state index in [0.717, 1.165) is 12.0 Å². The van der Waals surface area contributed by atoms with E-state index in [0.29, 0.717) is 41.7 Å². The molecule has 110 valence electrons. The Morgan fingerprint density at radius 1 is 1.50 bits per heavy atom. The van der Waals surface area contributed by atoms with Crippen LogP contribution in [-0.4, -0.2) is 30.8 Å². The van der Waals surface area contributed by atoms with Gasteiger partial charge in [0.15, 0.2) is 11.5 Å². The fourth-order valence-electron chi connectivity index (χ4n) is 2.42. The Kier molecular flexibility index (Phi) is 4.73. The van der Waals surface area contributed by atoms with E-state index >= 15 is 0 Å². The fourth-order valence-corrected chi connectivity index (χ4v) is 2.77. The van der Waals surface area contributed by atoms with Crippen LogP contribution in [0.1, 0.15) is 30.4 Å². The molecule has 0 radical (unpaired) electrons. The standard InChI is InChI=1S/C14H18ClNO4/c1-2-8-12(9(7-16)14(17)18)10(15)6-11-13(8)20-5-3-4-19-11/h6,9H,2-5,7,16H2,1H3,(H,17,18). The maximum atomic E-state index is 11.4. The number of carbonyl (C=O) groups is 1. The second kappa shape index (κ2) is 6.33. The summed E-state index contributed by atoms with van der Waals surface area (Å²) in [5, 5.41) is 9.68. The lowest BCUT2D eigenvalue weighted by molar-refractivity contribution is -0.138. The summed E-state index contributed by atoms with van der Waals surface area (Å²) in [4.78, 5) is 11.4. The van der Waals surface area contributed by atoms with Gasteiger partial charge in [0.05, 0.1) is 19.1 Å². The van der Waals surface area contributed by atoms with Gasteiger partial charge in [0, 0.05) is 29.6 Å². The Balaban J connectivity index is 2.62. The van der Waals surface area contributed by atoms with Crippen molar-refractivity contribution in [1.82, 2.24) is 0 Å². The molecule has 1 aliphatic rings. The first kappa shape index (κ1) is 14.9. The van der Waals surface area contributed by atoms with Crippen LogP contribution in [0.4, 0.5) is 0 Å². The molecule has 0 amide bonds. The first-order valence-electron chi connectivity index (χ1n) is 6.63. The molecule has 2 rings (SSSR count). The van der Waals surface area contributed by atoms with Gasteiger partial charge in [-0.25, -0.2) is 0 Å². The van der Waals surface area contributed by atoms with E-state index in [9.17, 15) is 9.90 Å². The Morgan fingerprint density at radius 3 is 2.80 bits per heavy atom. The molecule has 0 saturated heterocycles. The highest BCUT2D eigenvalue weighted by Gasteiger charge is 2.28. The Bertz CT molecular complexity index is 518. The zero-order chi connectivity index (χ0) is 14.7. The van der Waals surface area contributed by atoms with Crippen molar-refractivity contribution < 1.29 is 19.4 Å². The molecule has 1 unspecified atom stereocenters. The second-order valence-electron chi connectivity index (χ2n) is 4.61. The molecule has 0 bridgehead atoms. The number of carboxylic acids is 1. The second-order valence-corrected chi connectivity index (χ2v) is 5.02. The summed E-state index contributed by atoms with van der Waals surface area (Å²) >= 11 is 6.26. The predicted molar refractivity (Wildman–Crippen MR) is 75.9 cm³/mol. The molecule has 0 aromatic heterocycles. The van der Waals surface area contributed by atoms with E-state index in [1.54, 1.807) is 6.07 Å². The number of hydrogen-bond acceptors (Lipinski definition) is 4. The summed E-state index contributed by atoms with van der Waals surface area (Å²) in [6.45, 7) is 3.02. The van der Waals surface area contributed by atoms with E-state index in [1.165, 1.54) is 0 Å². The summed E-state index contributed by atoms with van der Waals surface area (Å²) in [5.41, 5.74) is 6.90. The van der Waals surface area contributed by atoms with Crippen LogP contribution >= 0.6 is 11.6 Å². The number of benzene rings is 1. The fraction of sp³-hybridized carbons (Fsp3) is 0.500. The van der Waals surface area contributed by atoms with E-state index < -0.39 is 11.9 Å². The molecule has 0 aliphatic carbocycles. The highest BCUT2D eigenvalue weighted by atomic mass is 35.5. The van der Waals surface area contributed by atoms with Gasteiger partial charge >= 0.3 is 5.97 Å². The first-order valence-corrected chi connectivity index (χ1v) is 7.01. The molecule has 3 N–H and O–H groups in total. The summed E-state index contributed by atoms with van der Waals surface area (Å²) in [5.74, 6) is -0.647. The van der Waals surface area contributed by atoms with Gasteiger partial charge in [-0.05, 0) is 12.0 Å². The minimum absolute atomic E-state index is 0.0122. The minimum atomic E-state index is -0.987. The van der Waals surface area contributed by atoms with E-state index in [4.69, 9.17) is 26.8 Å². The maximum Gasteiger partial charge on any atom is 0.312 e. The van der Waals surface area contributed by atoms with Gasteiger partial charge in [0.2, 0.25) is 0 Å². The monoisotopic (exact) mass is 299 g/mol. The number of fused-ring (bicyclic) bond motifs is 1. The topological polar surface area (TPSA) is 81.8 Å². The van der Waals surface area contributed by atoms with Crippen molar-refractivity contribution >= 4 is 17.6 Å². The molecule has 1 atom stereocenters. The van der Waals surface area contributed by atoms with Crippen molar-refractivity contribution in [3.63, 3.8) is 0 Å². The van der Waals surface area contributed by atoms with Crippen molar-refractivity contribution in [3.8, 4) is 11.5 Å². The van der Waals surface area contributed by atoms with Crippen LogP contribution in [0.2, 0.25) is 5.02 Å². The summed E-state index contributed by atoms with van der Waals surface area (Å²) in [6.07, 6.45) is 1.38. The lowest BCUT2D eigenvalue weighted by atomic mass is 9.91. The molecule has 1 aromatic carbocycles. The van der Waals surface area contributed by atoms with Gasteiger partial charge in [0.1, 0.15) is 0 Å². The van der Waals surface area contributed by atoms with Crippen LogP contribution in [0.5, 0.6) is 11.5 Å². The lowest BCUT2D eigenvalue weighted by Gasteiger charge is -2.21. The van der Waals surface area contributed by atoms with Gasteiger partial charge in [-0.1, -0.05) is 18.5 Å². The molecule has 1 aliphatic heterocycles. The van der Waals surface area contributed by atoms with Gasteiger partial charge in [0.25, 0.3) is 0 Å². The predicted octanol–water partition coefficient (Wildman–Crippen LogP) is 2.19. The number of aliphatic carboxylic acids is 1. The van der Waals surface area contributed by atoms with Crippen LogP contribution in [0, 0.1) is 0 Å². The Labute approximate surface area is 122 Å². The van der Waals surface area contributed by atoms with Crippen LogP contribution in [0.3, 0.4) is 0 Å². The quantitative estimate of drug-likeness (QED) is 0.890. The molecule has 0 spiro atoms. The van der Waals surface area contributed by atoms with Crippen molar-refractivity contribution in [2.24, 2.45) is 5.73 Å². The van der Waals surface area contributed by atoms with Crippen molar-refractivity contribution in [3.05, 3.63) is 22.2 Å². The Morgan fingerprint density at radius 2 is 2.20 bits per heavy atom. The zero-order valence-corrected chi connectivity index (χ0v) is 12.1. The molecule has 20 heavy (non-hydrogen) atoms. The normalized spacial score (nSPS) is 15.6. The van der Waals surface area contributed by atoms with E-state index in [1.807, 2.05) is 6.92 Å². The number of nitrogens with two attached hydrogens (primary N) is 1. The number of hydrogen-bond donors (Lipinski definition) is 2. The molecular formula is C14H18ClNO4. The van der Waals surface area contributed by atoms with Crippen LogP contribution < -0.4 is 15.2 Å². The lowest BCUT2D eigenvalue weighted by Crippen LogP contribution is -2.23. The number of rotatable bonds is 4. The molecule has 1 aromatic rings. The van der Waals surface area contributed by atoms with Gasteiger partial charge in [-0.15, -0.1) is 0 Å². The van der Waals surface area contributed by atoms with Crippen LogP contribution in [0.15, 0.2) is 6.07 Å². The minimum Gasteiger partial charge on any atom is -0.489 e. The molecule has 5 nitrogen and oxygen atoms in total. The van der Waals surface area contributed by atoms with E-state index in [-0.39, 0.29) is 6.54 Å². The molecule has 0 saturated carbocycles. The van der Waals surface area contributed by atoms with Crippen molar-refractivity contribution in [2.45, 2.75) is 25.7 Å². The smallest absolute Gasteiger partial charge is 0.312 e. The average molecular weight is 300 g/mol. The highest BCUT2D eigenvalue weighted by Crippen LogP contribution is 2.42. The molecule has 6 heteroatoms.